The molecule has 0 bridgehead atoms. The Balaban J connectivity index is 2.46. The van der Waals surface area contributed by atoms with Crippen molar-refractivity contribution in [3.8, 4) is 11.1 Å². The van der Waals surface area contributed by atoms with Crippen molar-refractivity contribution >= 4 is 17.6 Å². The zero-order valence-electron chi connectivity index (χ0n) is 13.8. The third kappa shape index (κ3) is 4.01. The Hall–Kier alpha value is -3.08. The number of hydrogen-bond donors (Lipinski definition) is 1. The van der Waals surface area contributed by atoms with Crippen molar-refractivity contribution in [3.63, 3.8) is 0 Å². The molecule has 2 rings (SSSR count). The number of para-hydroxylation sites is 1. The number of rotatable bonds is 5. The molecule has 2 aromatic rings. The molecule has 0 amide bonds. The van der Waals surface area contributed by atoms with Gasteiger partial charge in [-0.05, 0) is 24.1 Å². The van der Waals surface area contributed by atoms with Gasteiger partial charge in [-0.15, -0.1) is 0 Å². The second-order valence-electron chi connectivity index (χ2n) is 5.06. The molecule has 5 nitrogen and oxygen atoms in total. The van der Waals surface area contributed by atoms with E-state index in [-0.39, 0.29) is 5.70 Å². The van der Waals surface area contributed by atoms with Gasteiger partial charge in [0.2, 0.25) is 0 Å². The van der Waals surface area contributed by atoms with E-state index in [0.717, 1.165) is 22.8 Å². The molecule has 0 spiro atoms. The van der Waals surface area contributed by atoms with Crippen LogP contribution in [0.1, 0.15) is 5.56 Å². The summed E-state index contributed by atoms with van der Waals surface area (Å²) in [6.45, 7) is 2.01. The van der Waals surface area contributed by atoms with Crippen LogP contribution >= 0.6 is 0 Å². The normalized spacial score (nSPS) is 10.9. The quantitative estimate of drug-likeness (QED) is 0.675. The topological polar surface area (TPSA) is 64.6 Å². The van der Waals surface area contributed by atoms with Gasteiger partial charge in [0.1, 0.15) is 5.70 Å². The molecular weight excluding hydrogens is 306 g/mol. The molecule has 1 N–H and O–H groups in total. The zero-order valence-corrected chi connectivity index (χ0v) is 13.8. The molecule has 0 saturated carbocycles. The van der Waals surface area contributed by atoms with E-state index in [1.54, 1.807) is 0 Å². The monoisotopic (exact) mass is 325 g/mol. The molecule has 2 aromatic carbocycles. The fourth-order valence-electron chi connectivity index (χ4n) is 2.28. The average molecular weight is 325 g/mol. The van der Waals surface area contributed by atoms with Crippen LogP contribution in [0.4, 0.5) is 5.69 Å². The average Bonchev–Trinajstić information content (AvgIpc) is 2.61. The maximum atomic E-state index is 11.9. The summed E-state index contributed by atoms with van der Waals surface area (Å²) < 4.78 is 9.31. The SMILES string of the molecule is COC(=O)/C=C(/Nc1ccccc1-c1ccccc1C)C(=O)OC. The first kappa shape index (κ1) is 17.3. The summed E-state index contributed by atoms with van der Waals surface area (Å²) >= 11 is 0. The van der Waals surface area contributed by atoms with Crippen molar-refractivity contribution in [1.29, 1.82) is 0 Å². The third-order valence-corrected chi connectivity index (χ3v) is 3.50. The fourth-order valence-corrected chi connectivity index (χ4v) is 2.28. The Morgan fingerprint density at radius 1 is 0.917 bits per heavy atom. The van der Waals surface area contributed by atoms with Crippen molar-refractivity contribution in [3.05, 3.63) is 65.9 Å². The Kier molecular flexibility index (Phi) is 5.73. The van der Waals surface area contributed by atoms with Crippen LogP contribution in [0.25, 0.3) is 11.1 Å². The highest BCUT2D eigenvalue weighted by Crippen LogP contribution is 2.31. The van der Waals surface area contributed by atoms with Crippen molar-refractivity contribution in [2.45, 2.75) is 6.92 Å². The number of carbonyl (C=O) groups excluding carboxylic acids is 2. The van der Waals surface area contributed by atoms with Crippen LogP contribution < -0.4 is 5.32 Å². The van der Waals surface area contributed by atoms with Crippen molar-refractivity contribution in [2.75, 3.05) is 19.5 Å². The highest BCUT2D eigenvalue weighted by Gasteiger charge is 2.15. The van der Waals surface area contributed by atoms with Gasteiger partial charge in [0, 0.05) is 11.3 Å². The van der Waals surface area contributed by atoms with E-state index >= 15 is 0 Å². The van der Waals surface area contributed by atoms with E-state index in [1.165, 1.54) is 14.2 Å². The summed E-state index contributed by atoms with van der Waals surface area (Å²) in [7, 11) is 2.50. The Morgan fingerprint density at radius 3 is 2.17 bits per heavy atom. The number of aryl methyl sites for hydroxylation is 1. The van der Waals surface area contributed by atoms with Gasteiger partial charge >= 0.3 is 11.9 Å². The van der Waals surface area contributed by atoms with Gasteiger partial charge in [0.25, 0.3) is 0 Å². The minimum atomic E-state index is -0.653. The number of esters is 2. The number of methoxy groups -OCH3 is 2. The van der Waals surface area contributed by atoms with Crippen LogP contribution in [0.2, 0.25) is 0 Å². The Labute approximate surface area is 140 Å². The molecule has 0 aliphatic carbocycles. The summed E-state index contributed by atoms with van der Waals surface area (Å²) in [5.41, 5.74) is 3.74. The number of anilines is 1. The molecule has 0 atom stereocenters. The number of carbonyl (C=O) groups is 2. The minimum Gasteiger partial charge on any atom is -0.466 e. The van der Waals surface area contributed by atoms with Crippen molar-refractivity contribution in [2.24, 2.45) is 0 Å². The second kappa shape index (κ2) is 7.97. The highest BCUT2D eigenvalue weighted by molar-refractivity contribution is 5.99. The molecule has 24 heavy (non-hydrogen) atoms. The van der Waals surface area contributed by atoms with Gasteiger partial charge < -0.3 is 14.8 Å². The summed E-state index contributed by atoms with van der Waals surface area (Å²) in [6, 6.07) is 15.4. The van der Waals surface area contributed by atoms with Gasteiger partial charge in [0.05, 0.1) is 20.3 Å². The van der Waals surface area contributed by atoms with Crippen LogP contribution in [-0.4, -0.2) is 26.2 Å². The predicted molar refractivity (Wildman–Crippen MR) is 92.4 cm³/mol. The van der Waals surface area contributed by atoms with Crippen LogP contribution in [0, 0.1) is 6.92 Å². The van der Waals surface area contributed by atoms with Gasteiger partial charge in [-0.2, -0.15) is 0 Å². The second-order valence-corrected chi connectivity index (χ2v) is 5.06. The fraction of sp³-hybridized carbons (Fsp3) is 0.158. The van der Waals surface area contributed by atoms with Crippen LogP contribution in [0.15, 0.2) is 60.3 Å². The smallest absolute Gasteiger partial charge is 0.354 e. The number of hydrogen-bond acceptors (Lipinski definition) is 5. The third-order valence-electron chi connectivity index (χ3n) is 3.50. The largest absolute Gasteiger partial charge is 0.466 e. The Bertz CT molecular complexity index is 780. The maximum absolute atomic E-state index is 11.9. The zero-order chi connectivity index (χ0) is 17.5. The van der Waals surface area contributed by atoms with Crippen molar-refractivity contribution < 1.29 is 19.1 Å². The lowest BCUT2D eigenvalue weighted by molar-refractivity contribution is -0.138. The molecule has 124 valence electrons. The molecule has 0 saturated heterocycles. The minimum absolute atomic E-state index is 0.00499. The summed E-state index contributed by atoms with van der Waals surface area (Å²) in [5.74, 6) is -1.30. The summed E-state index contributed by atoms with van der Waals surface area (Å²) in [5, 5.41) is 2.97. The molecule has 0 aromatic heterocycles. The van der Waals surface area contributed by atoms with E-state index in [4.69, 9.17) is 4.74 Å². The molecule has 0 radical (unpaired) electrons. The van der Waals surface area contributed by atoms with E-state index in [1.807, 2.05) is 55.5 Å². The van der Waals surface area contributed by atoms with E-state index in [9.17, 15) is 9.59 Å². The van der Waals surface area contributed by atoms with E-state index in [0.29, 0.717) is 5.69 Å². The van der Waals surface area contributed by atoms with Gasteiger partial charge in [-0.1, -0.05) is 42.5 Å². The lowest BCUT2D eigenvalue weighted by Crippen LogP contribution is -2.16. The number of ether oxygens (including phenoxy) is 2. The van der Waals surface area contributed by atoms with E-state index in [2.05, 4.69) is 10.1 Å². The van der Waals surface area contributed by atoms with E-state index < -0.39 is 11.9 Å². The maximum Gasteiger partial charge on any atom is 0.354 e. The van der Waals surface area contributed by atoms with Crippen LogP contribution in [0.5, 0.6) is 0 Å². The van der Waals surface area contributed by atoms with Gasteiger partial charge in [-0.25, -0.2) is 9.59 Å². The molecule has 5 heteroatoms. The predicted octanol–water partition coefficient (Wildman–Crippen LogP) is 3.30. The Morgan fingerprint density at radius 2 is 1.54 bits per heavy atom. The molecule has 0 heterocycles. The highest BCUT2D eigenvalue weighted by atomic mass is 16.5. The first-order valence-corrected chi connectivity index (χ1v) is 7.37. The molecular formula is C19H19NO4. The van der Waals surface area contributed by atoms with Crippen molar-refractivity contribution in [1.82, 2.24) is 0 Å². The summed E-state index contributed by atoms with van der Waals surface area (Å²) in [4.78, 5) is 23.4. The molecule has 0 unspecified atom stereocenters. The molecule has 0 aliphatic heterocycles. The molecule has 0 fully saturated rings. The molecule has 0 aliphatic rings. The van der Waals surface area contributed by atoms with Crippen LogP contribution in [-0.2, 0) is 19.1 Å². The standard InChI is InChI=1S/C19H19NO4/c1-13-8-4-5-9-14(13)15-10-6-7-11-16(15)20-17(19(22)24-3)12-18(21)23-2/h4-12,20H,1-3H3/b17-12+. The van der Waals surface area contributed by atoms with Crippen LogP contribution in [0.3, 0.4) is 0 Å². The summed E-state index contributed by atoms with van der Waals surface area (Å²) in [6.07, 6.45) is 1.07. The first-order valence-electron chi connectivity index (χ1n) is 7.37. The van der Waals surface area contributed by atoms with Gasteiger partial charge in [-0.3, -0.25) is 0 Å². The lowest BCUT2D eigenvalue weighted by atomic mass is 9.99. The first-order chi connectivity index (χ1) is 11.6. The number of nitrogens with one attached hydrogen (secondary N) is 1. The number of benzene rings is 2. The van der Waals surface area contributed by atoms with Gasteiger partial charge in [0.15, 0.2) is 0 Å². The lowest BCUT2D eigenvalue weighted by Gasteiger charge is -2.15.